The molecule has 0 radical (unpaired) electrons. The number of piperidine rings is 1. The van der Waals surface area contributed by atoms with Crippen molar-refractivity contribution >= 4 is 18.0 Å². The number of alkyl carbamates (subject to hydrolysis) is 1. The Labute approximate surface area is 202 Å². The molecular formula is C26H28F2N2O5. The number of carboxylic acid groups (broad SMARTS) is 1. The molecule has 1 heterocycles. The van der Waals surface area contributed by atoms with Crippen LogP contribution in [0.25, 0.3) is 11.1 Å². The number of fused-ring (bicyclic) bond motifs is 3. The van der Waals surface area contributed by atoms with Gasteiger partial charge in [-0.05, 0) is 42.0 Å². The summed E-state index contributed by atoms with van der Waals surface area (Å²) in [7, 11) is 0. The summed E-state index contributed by atoms with van der Waals surface area (Å²) in [5.41, 5.74) is 4.14. The van der Waals surface area contributed by atoms with Gasteiger partial charge in [-0.3, -0.25) is 9.59 Å². The number of benzene rings is 2. The van der Waals surface area contributed by atoms with Crippen LogP contribution in [-0.4, -0.2) is 59.6 Å². The van der Waals surface area contributed by atoms with Crippen molar-refractivity contribution in [3.05, 3.63) is 59.7 Å². The second kappa shape index (κ2) is 10.4. The molecule has 7 nitrogen and oxygen atoms in total. The number of halogens is 2. The number of hydrogen-bond donors (Lipinski definition) is 2. The monoisotopic (exact) mass is 486 g/mol. The van der Waals surface area contributed by atoms with E-state index in [1.165, 1.54) is 4.90 Å². The molecule has 2 amide bonds. The largest absolute Gasteiger partial charge is 0.481 e. The number of ether oxygens (including phenoxy) is 1. The van der Waals surface area contributed by atoms with E-state index in [4.69, 9.17) is 4.74 Å². The average Bonchev–Trinajstić information content (AvgIpc) is 3.15. The second-order valence-corrected chi connectivity index (χ2v) is 9.09. The van der Waals surface area contributed by atoms with Crippen molar-refractivity contribution < 1.29 is 33.0 Å². The molecule has 1 saturated heterocycles. The molecule has 1 fully saturated rings. The predicted octanol–water partition coefficient (Wildman–Crippen LogP) is 4.26. The molecule has 186 valence electrons. The SMILES string of the molecule is C[C@@H]1C[C@H](C(=O)O)CCN1C(=O)C(CC(F)F)NC(=O)OCC1c2ccccc2-c2ccccc21. The standard InChI is InChI=1S/C26H28F2N2O5/c1-15-12-16(25(32)33)10-11-30(15)24(31)22(13-23(27)28)29-26(34)35-14-21-19-8-4-2-6-17(19)18-7-3-5-9-20(18)21/h2-9,15-16,21-23H,10-14H2,1H3,(H,29,34)(H,32,33)/t15-,16-,22?/m1/s1. The van der Waals surface area contributed by atoms with E-state index in [2.05, 4.69) is 5.32 Å². The number of likely N-dealkylation sites (tertiary alicyclic amines) is 1. The molecule has 1 aliphatic heterocycles. The van der Waals surface area contributed by atoms with Crippen LogP contribution < -0.4 is 5.32 Å². The van der Waals surface area contributed by atoms with Gasteiger partial charge in [0.05, 0.1) is 5.92 Å². The summed E-state index contributed by atoms with van der Waals surface area (Å²) in [5, 5.41) is 11.5. The topological polar surface area (TPSA) is 95.9 Å². The van der Waals surface area contributed by atoms with Crippen LogP contribution in [0.4, 0.5) is 13.6 Å². The van der Waals surface area contributed by atoms with Crippen molar-refractivity contribution in [1.82, 2.24) is 10.2 Å². The van der Waals surface area contributed by atoms with Gasteiger partial charge in [0.15, 0.2) is 0 Å². The van der Waals surface area contributed by atoms with Crippen LogP contribution >= 0.6 is 0 Å². The van der Waals surface area contributed by atoms with E-state index in [1.807, 2.05) is 48.5 Å². The normalized spacial score (nSPS) is 20.2. The Balaban J connectivity index is 1.42. The summed E-state index contributed by atoms with van der Waals surface area (Å²) in [4.78, 5) is 38.2. The Kier molecular flexibility index (Phi) is 7.33. The number of carbonyl (C=O) groups excluding carboxylic acids is 2. The second-order valence-electron chi connectivity index (χ2n) is 9.09. The molecule has 2 N–H and O–H groups in total. The molecule has 1 aliphatic carbocycles. The quantitative estimate of drug-likeness (QED) is 0.610. The third kappa shape index (κ3) is 5.28. The fourth-order valence-electron chi connectivity index (χ4n) is 5.11. The summed E-state index contributed by atoms with van der Waals surface area (Å²) in [6, 6.07) is 13.7. The van der Waals surface area contributed by atoms with Crippen molar-refractivity contribution in [1.29, 1.82) is 0 Å². The van der Waals surface area contributed by atoms with Crippen LogP contribution in [0.3, 0.4) is 0 Å². The van der Waals surface area contributed by atoms with Gasteiger partial charge in [-0.15, -0.1) is 0 Å². The average molecular weight is 487 g/mol. The van der Waals surface area contributed by atoms with Gasteiger partial charge in [0, 0.05) is 24.9 Å². The van der Waals surface area contributed by atoms with Crippen LogP contribution in [-0.2, 0) is 14.3 Å². The van der Waals surface area contributed by atoms with Gasteiger partial charge in [0.2, 0.25) is 12.3 Å². The minimum atomic E-state index is -2.82. The molecule has 0 aromatic heterocycles. The lowest BCUT2D eigenvalue weighted by molar-refractivity contribution is -0.148. The lowest BCUT2D eigenvalue weighted by Gasteiger charge is -2.38. The number of nitrogens with one attached hydrogen (secondary N) is 1. The van der Waals surface area contributed by atoms with E-state index >= 15 is 0 Å². The van der Waals surface area contributed by atoms with E-state index in [9.17, 15) is 28.3 Å². The predicted molar refractivity (Wildman–Crippen MR) is 124 cm³/mol. The van der Waals surface area contributed by atoms with Crippen LogP contribution in [0.2, 0.25) is 0 Å². The Bertz CT molecular complexity index is 1060. The summed E-state index contributed by atoms with van der Waals surface area (Å²) < 4.78 is 31.9. The van der Waals surface area contributed by atoms with Crippen molar-refractivity contribution in [2.75, 3.05) is 13.2 Å². The number of amides is 2. The van der Waals surface area contributed by atoms with Gasteiger partial charge in [-0.25, -0.2) is 13.6 Å². The smallest absolute Gasteiger partial charge is 0.407 e. The van der Waals surface area contributed by atoms with Crippen LogP contribution in [0.1, 0.15) is 43.2 Å². The molecule has 2 aliphatic rings. The molecule has 9 heteroatoms. The number of rotatable bonds is 7. The maximum Gasteiger partial charge on any atom is 0.407 e. The van der Waals surface area contributed by atoms with Gasteiger partial charge in [-0.2, -0.15) is 0 Å². The fraction of sp³-hybridized carbons (Fsp3) is 0.423. The first-order valence-electron chi connectivity index (χ1n) is 11.7. The first-order valence-corrected chi connectivity index (χ1v) is 11.7. The van der Waals surface area contributed by atoms with Gasteiger partial charge >= 0.3 is 12.1 Å². The molecule has 4 rings (SSSR count). The highest BCUT2D eigenvalue weighted by atomic mass is 19.3. The first kappa shape index (κ1) is 24.6. The number of hydrogen-bond acceptors (Lipinski definition) is 4. The summed E-state index contributed by atoms with van der Waals surface area (Å²) in [6.07, 6.45) is -4.15. The molecular weight excluding hydrogens is 458 g/mol. The van der Waals surface area contributed by atoms with Crippen LogP contribution in [0.15, 0.2) is 48.5 Å². The molecule has 0 spiro atoms. The highest BCUT2D eigenvalue weighted by Crippen LogP contribution is 2.44. The third-order valence-corrected chi connectivity index (χ3v) is 6.86. The van der Waals surface area contributed by atoms with E-state index in [0.29, 0.717) is 0 Å². The zero-order valence-corrected chi connectivity index (χ0v) is 19.3. The van der Waals surface area contributed by atoms with E-state index < -0.39 is 48.8 Å². The van der Waals surface area contributed by atoms with Gasteiger partial charge in [-0.1, -0.05) is 48.5 Å². The van der Waals surface area contributed by atoms with E-state index in [-0.39, 0.29) is 31.9 Å². The van der Waals surface area contributed by atoms with Crippen molar-refractivity contribution in [3.63, 3.8) is 0 Å². The van der Waals surface area contributed by atoms with Gasteiger partial charge in [0.25, 0.3) is 0 Å². The number of aliphatic carboxylic acids is 1. The number of nitrogens with zero attached hydrogens (tertiary/aromatic N) is 1. The Morgan fingerprint density at radius 2 is 1.69 bits per heavy atom. The lowest BCUT2D eigenvalue weighted by atomic mass is 9.91. The maximum atomic E-state index is 13.2. The Morgan fingerprint density at radius 3 is 2.23 bits per heavy atom. The van der Waals surface area contributed by atoms with Crippen molar-refractivity contribution in [2.24, 2.45) is 5.92 Å². The summed E-state index contributed by atoms with van der Waals surface area (Å²) >= 11 is 0. The first-order chi connectivity index (χ1) is 16.8. The van der Waals surface area contributed by atoms with Crippen LogP contribution in [0.5, 0.6) is 0 Å². The highest BCUT2D eigenvalue weighted by Gasteiger charge is 2.37. The molecule has 3 atom stereocenters. The molecule has 35 heavy (non-hydrogen) atoms. The van der Waals surface area contributed by atoms with Gasteiger partial charge < -0.3 is 20.1 Å². The summed E-state index contributed by atoms with van der Waals surface area (Å²) in [6.45, 7) is 1.80. The zero-order valence-electron chi connectivity index (χ0n) is 19.3. The molecule has 0 bridgehead atoms. The molecule has 2 aromatic carbocycles. The van der Waals surface area contributed by atoms with Crippen molar-refractivity contribution in [3.8, 4) is 11.1 Å². The van der Waals surface area contributed by atoms with Gasteiger partial charge in [0.1, 0.15) is 12.6 Å². The lowest BCUT2D eigenvalue weighted by Crippen LogP contribution is -2.54. The molecule has 0 saturated carbocycles. The Hall–Kier alpha value is -3.49. The fourth-order valence-corrected chi connectivity index (χ4v) is 5.11. The molecule has 1 unspecified atom stereocenters. The minimum Gasteiger partial charge on any atom is -0.481 e. The number of alkyl halides is 2. The minimum absolute atomic E-state index is 0.00411. The third-order valence-electron chi connectivity index (χ3n) is 6.86. The number of carbonyl (C=O) groups is 3. The maximum absolute atomic E-state index is 13.2. The highest BCUT2D eigenvalue weighted by molar-refractivity contribution is 5.86. The number of carboxylic acids is 1. The van der Waals surface area contributed by atoms with Crippen molar-refractivity contribution in [2.45, 2.75) is 50.6 Å². The molecule has 2 aromatic rings. The van der Waals surface area contributed by atoms with E-state index in [1.54, 1.807) is 6.92 Å². The van der Waals surface area contributed by atoms with Crippen LogP contribution in [0, 0.1) is 5.92 Å². The summed E-state index contributed by atoms with van der Waals surface area (Å²) in [5.74, 6) is -2.38. The Morgan fingerprint density at radius 1 is 1.09 bits per heavy atom. The van der Waals surface area contributed by atoms with E-state index in [0.717, 1.165) is 22.3 Å². The zero-order chi connectivity index (χ0) is 25.1.